The summed E-state index contributed by atoms with van der Waals surface area (Å²) in [6.07, 6.45) is 0. The van der Waals surface area contributed by atoms with E-state index >= 15 is 0 Å². The standard InChI is InChI=1S/C14H12FN3O5S/c1-9-2-4-10(5-3-9)14(19)16-17-24(22,23)11-6-7-12(15)13(8-11)18(20)21/h2-8,17H,1H3,(H,16,19). The molecule has 0 saturated heterocycles. The molecule has 0 aromatic heterocycles. The highest BCUT2D eigenvalue weighted by molar-refractivity contribution is 7.89. The lowest BCUT2D eigenvalue weighted by atomic mass is 10.1. The Morgan fingerprint density at radius 3 is 2.38 bits per heavy atom. The van der Waals surface area contributed by atoms with Crippen molar-refractivity contribution in [2.75, 3.05) is 0 Å². The van der Waals surface area contributed by atoms with Crippen LogP contribution in [0.5, 0.6) is 0 Å². The maximum absolute atomic E-state index is 13.2. The van der Waals surface area contributed by atoms with E-state index in [9.17, 15) is 27.7 Å². The van der Waals surface area contributed by atoms with Crippen LogP contribution in [0.15, 0.2) is 47.4 Å². The van der Waals surface area contributed by atoms with Crippen molar-refractivity contribution in [2.24, 2.45) is 0 Å². The van der Waals surface area contributed by atoms with E-state index < -0.39 is 37.3 Å². The quantitative estimate of drug-likeness (QED) is 0.626. The van der Waals surface area contributed by atoms with Gasteiger partial charge in [0.25, 0.3) is 15.9 Å². The fraction of sp³-hybridized carbons (Fsp3) is 0.0714. The van der Waals surface area contributed by atoms with Gasteiger partial charge in [-0.3, -0.25) is 20.3 Å². The van der Waals surface area contributed by atoms with Gasteiger partial charge in [-0.2, -0.15) is 4.39 Å². The molecule has 2 aromatic rings. The Hall–Kier alpha value is -2.85. The summed E-state index contributed by atoms with van der Waals surface area (Å²) in [5.41, 5.74) is 2.13. The summed E-state index contributed by atoms with van der Waals surface area (Å²) in [6, 6.07) is 8.43. The molecule has 0 aliphatic heterocycles. The minimum absolute atomic E-state index is 0.216. The van der Waals surface area contributed by atoms with Gasteiger partial charge < -0.3 is 0 Å². The number of carbonyl (C=O) groups is 1. The predicted molar refractivity (Wildman–Crippen MR) is 82.0 cm³/mol. The fourth-order valence-corrected chi connectivity index (χ4v) is 2.61. The minimum Gasteiger partial charge on any atom is -0.273 e. The molecule has 0 bridgehead atoms. The highest BCUT2D eigenvalue weighted by Gasteiger charge is 2.22. The van der Waals surface area contributed by atoms with Crippen molar-refractivity contribution < 1.29 is 22.5 Å². The van der Waals surface area contributed by atoms with Crippen molar-refractivity contribution in [3.05, 3.63) is 69.5 Å². The summed E-state index contributed by atoms with van der Waals surface area (Å²) in [7, 11) is -4.30. The van der Waals surface area contributed by atoms with E-state index in [4.69, 9.17) is 0 Å². The highest BCUT2D eigenvalue weighted by atomic mass is 32.2. The Kier molecular flexibility index (Phi) is 4.90. The van der Waals surface area contributed by atoms with Crippen molar-refractivity contribution >= 4 is 21.6 Å². The highest BCUT2D eigenvalue weighted by Crippen LogP contribution is 2.21. The fourth-order valence-electron chi connectivity index (χ4n) is 1.75. The van der Waals surface area contributed by atoms with Crippen molar-refractivity contribution in [1.29, 1.82) is 0 Å². The van der Waals surface area contributed by atoms with E-state index in [1.165, 1.54) is 12.1 Å². The largest absolute Gasteiger partial charge is 0.306 e. The summed E-state index contributed by atoms with van der Waals surface area (Å²) in [5, 5.41) is 10.7. The lowest BCUT2D eigenvalue weighted by molar-refractivity contribution is -0.387. The Morgan fingerprint density at radius 1 is 1.17 bits per heavy atom. The van der Waals surface area contributed by atoms with E-state index in [2.05, 4.69) is 0 Å². The number of halogens is 1. The van der Waals surface area contributed by atoms with Crippen LogP contribution in [0.3, 0.4) is 0 Å². The summed E-state index contributed by atoms with van der Waals surface area (Å²) in [5.74, 6) is -1.88. The minimum atomic E-state index is -4.30. The van der Waals surface area contributed by atoms with Gasteiger partial charge in [-0.1, -0.05) is 17.7 Å². The van der Waals surface area contributed by atoms with Crippen LogP contribution >= 0.6 is 0 Å². The number of nitro groups is 1. The first kappa shape index (κ1) is 17.5. The molecular weight excluding hydrogens is 341 g/mol. The van der Waals surface area contributed by atoms with Crippen LogP contribution in [-0.4, -0.2) is 19.2 Å². The van der Waals surface area contributed by atoms with Gasteiger partial charge in [0.15, 0.2) is 0 Å². The summed E-state index contributed by atoms with van der Waals surface area (Å²) in [4.78, 5) is 22.7. The SMILES string of the molecule is Cc1ccc(C(=O)NNS(=O)(=O)c2ccc(F)c([N+](=O)[O-])c2)cc1. The van der Waals surface area contributed by atoms with Crippen molar-refractivity contribution in [3.63, 3.8) is 0 Å². The zero-order valence-corrected chi connectivity index (χ0v) is 13.1. The molecule has 2 N–H and O–H groups in total. The molecule has 2 aromatic carbocycles. The van der Waals surface area contributed by atoms with Crippen molar-refractivity contribution in [2.45, 2.75) is 11.8 Å². The number of hydrazine groups is 1. The molecule has 0 aliphatic carbocycles. The zero-order chi connectivity index (χ0) is 17.9. The number of aryl methyl sites for hydroxylation is 1. The number of carbonyl (C=O) groups excluding carboxylic acids is 1. The van der Waals surface area contributed by atoms with E-state index in [-0.39, 0.29) is 5.56 Å². The lowest BCUT2D eigenvalue weighted by Crippen LogP contribution is -2.41. The molecule has 1 amide bonds. The molecule has 0 fully saturated rings. The maximum atomic E-state index is 13.2. The van der Waals surface area contributed by atoms with Gasteiger partial charge in [-0.25, -0.2) is 8.42 Å². The topological polar surface area (TPSA) is 118 Å². The van der Waals surface area contributed by atoms with Crippen LogP contribution in [0.4, 0.5) is 10.1 Å². The van der Waals surface area contributed by atoms with Gasteiger partial charge in [0.2, 0.25) is 5.82 Å². The van der Waals surface area contributed by atoms with Crippen molar-refractivity contribution in [3.8, 4) is 0 Å². The zero-order valence-electron chi connectivity index (χ0n) is 12.3. The van der Waals surface area contributed by atoms with E-state index in [0.717, 1.165) is 11.6 Å². The number of sulfonamides is 1. The van der Waals surface area contributed by atoms with Crippen LogP contribution in [0.25, 0.3) is 0 Å². The average Bonchev–Trinajstić information content (AvgIpc) is 2.53. The van der Waals surface area contributed by atoms with Gasteiger partial charge in [0.1, 0.15) is 0 Å². The molecular formula is C14H12FN3O5S. The first-order valence-corrected chi connectivity index (χ1v) is 8.02. The first-order chi connectivity index (χ1) is 11.2. The summed E-state index contributed by atoms with van der Waals surface area (Å²) in [6.45, 7) is 1.83. The van der Waals surface area contributed by atoms with Gasteiger partial charge in [0.05, 0.1) is 9.82 Å². The second-order valence-electron chi connectivity index (χ2n) is 4.80. The van der Waals surface area contributed by atoms with Gasteiger partial charge in [-0.15, -0.1) is 4.83 Å². The Bertz CT molecular complexity index is 897. The van der Waals surface area contributed by atoms with Gasteiger partial charge in [-0.05, 0) is 31.2 Å². The molecule has 0 unspecified atom stereocenters. The Balaban J connectivity index is 2.17. The molecule has 0 saturated carbocycles. The molecule has 0 radical (unpaired) electrons. The molecule has 2 rings (SSSR count). The van der Waals surface area contributed by atoms with Crippen molar-refractivity contribution in [1.82, 2.24) is 10.3 Å². The van der Waals surface area contributed by atoms with Gasteiger partial charge >= 0.3 is 5.69 Å². The summed E-state index contributed by atoms with van der Waals surface area (Å²) < 4.78 is 37.3. The van der Waals surface area contributed by atoms with Crippen LogP contribution in [-0.2, 0) is 10.0 Å². The molecule has 8 nitrogen and oxygen atoms in total. The number of rotatable bonds is 5. The molecule has 0 heterocycles. The number of amides is 1. The molecule has 0 spiro atoms. The second-order valence-corrected chi connectivity index (χ2v) is 6.48. The molecule has 0 aliphatic rings. The number of nitrogens with zero attached hydrogens (tertiary/aromatic N) is 1. The van der Waals surface area contributed by atoms with Crippen LogP contribution in [0.1, 0.15) is 15.9 Å². The number of benzene rings is 2. The number of hydrogen-bond acceptors (Lipinski definition) is 5. The molecule has 24 heavy (non-hydrogen) atoms. The van der Waals surface area contributed by atoms with E-state index in [1.807, 2.05) is 12.3 Å². The number of hydrogen-bond donors (Lipinski definition) is 2. The molecule has 10 heteroatoms. The Labute approximate surface area is 136 Å². The second kappa shape index (κ2) is 6.72. The maximum Gasteiger partial charge on any atom is 0.306 e. The number of nitro benzene ring substituents is 1. The normalized spacial score (nSPS) is 11.1. The van der Waals surface area contributed by atoms with Crippen LogP contribution < -0.4 is 10.3 Å². The molecule has 0 atom stereocenters. The third kappa shape index (κ3) is 3.91. The third-order valence-electron chi connectivity index (χ3n) is 3.04. The third-order valence-corrected chi connectivity index (χ3v) is 4.28. The first-order valence-electron chi connectivity index (χ1n) is 6.53. The van der Waals surface area contributed by atoms with Gasteiger partial charge in [0, 0.05) is 11.6 Å². The number of nitrogens with one attached hydrogen (secondary N) is 2. The lowest BCUT2D eigenvalue weighted by Gasteiger charge is -2.08. The summed E-state index contributed by atoms with van der Waals surface area (Å²) >= 11 is 0. The smallest absolute Gasteiger partial charge is 0.273 e. The van der Waals surface area contributed by atoms with Crippen LogP contribution in [0, 0.1) is 22.9 Å². The predicted octanol–water partition coefficient (Wildman–Crippen LogP) is 1.67. The average molecular weight is 353 g/mol. The Morgan fingerprint density at radius 2 is 1.79 bits per heavy atom. The van der Waals surface area contributed by atoms with E-state index in [1.54, 1.807) is 17.0 Å². The van der Waals surface area contributed by atoms with Crippen LogP contribution in [0.2, 0.25) is 0 Å². The molecule has 126 valence electrons. The monoisotopic (exact) mass is 353 g/mol. The van der Waals surface area contributed by atoms with E-state index in [0.29, 0.717) is 12.1 Å².